The molecule has 2 N–H and O–H groups in total. The molecule has 24 heavy (non-hydrogen) atoms. The lowest BCUT2D eigenvalue weighted by Gasteiger charge is -2.05. The Morgan fingerprint density at radius 3 is 2.58 bits per heavy atom. The Morgan fingerprint density at radius 1 is 1.12 bits per heavy atom. The fourth-order valence-corrected chi connectivity index (χ4v) is 2.15. The molecular weight excluding hydrogens is 316 g/mol. The quantitative estimate of drug-likeness (QED) is 0.340. The van der Waals surface area contributed by atoms with E-state index in [0.717, 1.165) is 0 Å². The Labute approximate surface area is 134 Å². The van der Waals surface area contributed by atoms with E-state index in [0.29, 0.717) is 11.0 Å². The molecule has 0 spiro atoms. The summed E-state index contributed by atoms with van der Waals surface area (Å²) in [6, 6.07) is 11.3. The molecule has 1 aromatic heterocycles. The van der Waals surface area contributed by atoms with Crippen molar-refractivity contribution in [2.75, 3.05) is 0 Å². The number of nitrogens with two attached hydrogens (primary N) is 1. The van der Waals surface area contributed by atoms with Gasteiger partial charge in [0.2, 0.25) is 5.76 Å². The Morgan fingerprint density at radius 2 is 1.88 bits per heavy atom. The Bertz CT molecular complexity index is 976. The molecule has 3 aromatic rings. The van der Waals surface area contributed by atoms with Crippen LogP contribution in [0.5, 0.6) is 5.75 Å². The van der Waals surface area contributed by atoms with Crippen molar-refractivity contribution in [2.24, 2.45) is 5.73 Å². The number of amides is 1. The molecule has 0 atom stereocenters. The van der Waals surface area contributed by atoms with Crippen molar-refractivity contribution in [1.82, 2.24) is 0 Å². The Kier molecular flexibility index (Phi) is 3.70. The highest BCUT2D eigenvalue weighted by molar-refractivity contribution is 5.98. The van der Waals surface area contributed by atoms with Crippen LogP contribution >= 0.6 is 0 Å². The molecule has 0 saturated carbocycles. The standard InChI is InChI=1S/C16H10N2O6/c17-15(19)11-3-1-2-4-13(11)24-16(20)14-8-9-7-10(18(21)22)5-6-12(9)23-14/h1-8H,(H2,17,19). The predicted molar refractivity (Wildman–Crippen MR) is 82.8 cm³/mol. The van der Waals surface area contributed by atoms with Gasteiger partial charge in [-0.3, -0.25) is 14.9 Å². The third-order valence-electron chi connectivity index (χ3n) is 3.27. The minimum atomic E-state index is -0.845. The topological polar surface area (TPSA) is 126 Å². The van der Waals surface area contributed by atoms with Crippen LogP contribution in [0.3, 0.4) is 0 Å². The van der Waals surface area contributed by atoms with Gasteiger partial charge < -0.3 is 14.9 Å². The molecule has 0 radical (unpaired) electrons. The number of ether oxygens (including phenoxy) is 1. The van der Waals surface area contributed by atoms with E-state index < -0.39 is 16.8 Å². The summed E-state index contributed by atoms with van der Waals surface area (Å²) in [5.74, 6) is -1.73. The van der Waals surface area contributed by atoms with E-state index in [2.05, 4.69) is 0 Å². The summed E-state index contributed by atoms with van der Waals surface area (Å²) in [5, 5.41) is 11.2. The maximum Gasteiger partial charge on any atom is 0.379 e. The Balaban J connectivity index is 1.92. The first-order valence-corrected chi connectivity index (χ1v) is 6.74. The second kappa shape index (κ2) is 5.84. The molecule has 0 aliphatic heterocycles. The number of furan rings is 1. The summed E-state index contributed by atoms with van der Waals surface area (Å²) < 4.78 is 10.5. The number of rotatable bonds is 4. The zero-order chi connectivity index (χ0) is 17.3. The molecular formula is C16H10N2O6. The van der Waals surface area contributed by atoms with Crippen LogP contribution in [0.4, 0.5) is 5.69 Å². The molecule has 1 amide bonds. The molecule has 120 valence electrons. The van der Waals surface area contributed by atoms with E-state index in [4.69, 9.17) is 14.9 Å². The van der Waals surface area contributed by atoms with Crippen LogP contribution < -0.4 is 10.5 Å². The predicted octanol–water partition coefficient (Wildman–Crippen LogP) is 2.66. The fraction of sp³-hybridized carbons (Fsp3) is 0. The first-order chi connectivity index (χ1) is 11.5. The van der Waals surface area contributed by atoms with E-state index >= 15 is 0 Å². The molecule has 8 nitrogen and oxygen atoms in total. The van der Waals surface area contributed by atoms with Crippen LogP contribution in [0.15, 0.2) is 52.9 Å². The number of non-ortho nitro benzene ring substituents is 1. The molecule has 3 rings (SSSR count). The van der Waals surface area contributed by atoms with Crippen LogP contribution in [0, 0.1) is 10.1 Å². The average Bonchev–Trinajstić information content (AvgIpc) is 2.98. The lowest BCUT2D eigenvalue weighted by atomic mass is 10.2. The van der Waals surface area contributed by atoms with Crippen molar-refractivity contribution in [1.29, 1.82) is 0 Å². The minimum Gasteiger partial charge on any atom is -0.449 e. The highest BCUT2D eigenvalue weighted by atomic mass is 16.6. The summed E-state index contributed by atoms with van der Waals surface area (Å²) in [6.45, 7) is 0. The molecule has 0 aliphatic rings. The van der Waals surface area contributed by atoms with Gasteiger partial charge in [0.1, 0.15) is 11.3 Å². The van der Waals surface area contributed by atoms with Gasteiger partial charge in [-0.05, 0) is 24.3 Å². The third-order valence-corrected chi connectivity index (χ3v) is 3.27. The van der Waals surface area contributed by atoms with Crippen molar-refractivity contribution in [3.63, 3.8) is 0 Å². The first-order valence-electron chi connectivity index (χ1n) is 6.74. The summed E-state index contributed by atoms with van der Waals surface area (Å²) >= 11 is 0. The third kappa shape index (κ3) is 2.80. The fourth-order valence-electron chi connectivity index (χ4n) is 2.15. The van der Waals surface area contributed by atoms with E-state index in [1.165, 1.54) is 36.4 Å². The van der Waals surface area contributed by atoms with Gasteiger partial charge in [0.25, 0.3) is 11.6 Å². The summed E-state index contributed by atoms with van der Waals surface area (Å²) in [5.41, 5.74) is 5.45. The minimum absolute atomic E-state index is 0.00133. The number of hydrogen-bond acceptors (Lipinski definition) is 6. The summed E-state index contributed by atoms with van der Waals surface area (Å²) in [7, 11) is 0. The van der Waals surface area contributed by atoms with Crippen molar-refractivity contribution < 1.29 is 23.7 Å². The van der Waals surface area contributed by atoms with Crippen LogP contribution in [0.2, 0.25) is 0 Å². The second-order valence-corrected chi connectivity index (χ2v) is 4.84. The number of para-hydroxylation sites is 1. The van der Waals surface area contributed by atoms with E-state index in [1.54, 1.807) is 12.1 Å². The number of esters is 1. The number of hydrogen-bond donors (Lipinski definition) is 1. The van der Waals surface area contributed by atoms with Crippen molar-refractivity contribution in [3.8, 4) is 5.75 Å². The molecule has 0 bridgehead atoms. The van der Waals surface area contributed by atoms with Crippen LogP contribution in [-0.2, 0) is 0 Å². The Hall–Kier alpha value is -3.68. The zero-order valence-electron chi connectivity index (χ0n) is 12.1. The van der Waals surface area contributed by atoms with Gasteiger partial charge in [-0.1, -0.05) is 12.1 Å². The van der Waals surface area contributed by atoms with Crippen molar-refractivity contribution in [2.45, 2.75) is 0 Å². The summed E-state index contributed by atoms with van der Waals surface area (Å²) in [4.78, 5) is 33.7. The van der Waals surface area contributed by atoms with Gasteiger partial charge in [0.15, 0.2) is 0 Å². The normalized spacial score (nSPS) is 10.5. The van der Waals surface area contributed by atoms with E-state index in [1.807, 2.05) is 0 Å². The smallest absolute Gasteiger partial charge is 0.379 e. The number of carbonyl (C=O) groups excluding carboxylic acids is 2. The van der Waals surface area contributed by atoms with Gasteiger partial charge in [-0.2, -0.15) is 0 Å². The zero-order valence-corrected chi connectivity index (χ0v) is 12.1. The first kappa shape index (κ1) is 15.2. The number of nitro groups is 1. The van der Waals surface area contributed by atoms with Crippen molar-refractivity contribution >= 4 is 28.5 Å². The van der Waals surface area contributed by atoms with E-state index in [9.17, 15) is 19.7 Å². The summed E-state index contributed by atoms with van der Waals surface area (Å²) in [6.07, 6.45) is 0. The molecule has 1 heterocycles. The molecule has 0 unspecified atom stereocenters. The van der Waals surface area contributed by atoms with Gasteiger partial charge in [0, 0.05) is 17.5 Å². The number of nitro benzene ring substituents is 1. The largest absolute Gasteiger partial charge is 0.449 e. The van der Waals surface area contributed by atoms with Gasteiger partial charge >= 0.3 is 5.97 Å². The lowest BCUT2D eigenvalue weighted by Crippen LogP contribution is -2.15. The van der Waals surface area contributed by atoms with Gasteiger partial charge in [0.05, 0.1) is 10.5 Å². The van der Waals surface area contributed by atoms with E-state index in [-0.39, 0.29) is 22.8 Å². The molecule has 0 aliphatic carbocycles. The number of benzene rings is 2. The van der Waals surface area contributed by atoms with Crippen LogP contribution in [0.1, 0.15) is 20.9 Å². The monoisotopic (exact) mass is 326 g/mol. The second-order valence-electron chi connectivity index (χ2n) is 4.84. The van der Waals surface area contributed by atoms with Crippen LogP contribution in [-0.4, -0.2) is 16.8 Å². The van der Waals surface area contributed by atoms with Crippen molar-refractivity contribution in [3.05, 3.63) is 70.0 Å². The van der Waals surface area contributed by atoms with Crippen LogP contribution in [0.25, 0.3) is 11.0 Å². The average molecular weight is 326 g/mol. The molecule has 8 heteroatoms. The van der Waals surface area contributed by atoms with Gasteiger partial charge in [-0.25, -0.2) is 4.79 Å². The highest BCUT2D eigenvalue weighted by Crippen LogP contribution is 2.26. The molecule has 0 fully saturated rings. The lowest BCUT2D eigenvalue weighted by molar-refractivity contribution is -0.384. The molecule has 2 aromatic carbocycles. The highest BCUT2D eigenvalue weighted by Gasteiger charge is 2.19. The maximum absolute atomic E-state index is 12.2. The molecule has 0 saturated heterocycles. The number of carbonyl (C=O) groups is 2. The number of nitrogens with zero attached hydrogens (tertiary/aromatic N) is 1. The van der Waals surface area contributed by atoms with Gasteiger partial charge in [-0.15, -0.1) is 0 Å². The number of fused-ring (bicyclic) bond motifs is 1. The number of primary amides is 1. The SMILES string of the molecule is NC(=O)c1ccccc1OC(=O)c1cc2cc([N+](=O)[O-])ccc2o1. The maximum atomic E-state index is 12.2.